The zero-order chi connectivity index (χ0) is 11.5. The van der Waals surface area contributed by atoms with Crippen molar-refractivity contribution in [2.75, 3.05) is 0 Å². The Balaban J connectivity index is 2.10. The van der Waals surface area contributed by atoms with Crippen molar-refractivity contribution in [2.24, 2.45) is 5.73 Å². The monoisotopic (exact) mass is 225 g/mol. The summed E-state index contributed by atoms with van der Waals surface area (Å²) in [4.78, 5) is 7.56. The Morgan fingerprint density at radius 1 is 1.38 bits per heavy atom. The number of nitrogens with two attached hydrogens (primary N) is 1. The van der Waals surface area contributed by atoms with Crippen LogP contribution in [0.3, 0.4) is 0 Å². The molecule has 16 heavy (non-hydrogen) atoms. The summed E-state index contributed by atoms with van der Waals surface area (Å²) >= 11 is 0. The highest BCUT2D eigenvalue weighted by Gasteiger charge is 2.25. The Bertz CT molecular complexity index is 372. The highest BCUT2D eigenvalue weighted by Crippen LogP contribution is 2.23. The van der Waals surface area contributed by atoms with Crippen LogP contribution in [-0.4, -0.2) is 22.1 Å². The van der Waals surface area contributed by atoms with Crippen LogP contribution in [0.2, 0.25) is 0 Å². The first kappa shape index (κ1) is 11.3. The lowest BCUT2D eigenvalue weighted by Crippen LogP contribution is -2.41. The van der Waals surface area contributed by atoms with Gasteiger partial charge < -0.3 is 10.5 Å². The van der Waals surface area contributed by atoms with Crippen LogP contribution in [-0.2, 0) is 0 Å². The van der Waals surface area contributed by atoms with Crippen LogP contribution in [0.5, 0.6) is 5.88 Å². The molecule has 2 rings (SSSR count). The average molecular weight is 225 g/mol. The van der Waals surface area contributed by atoms with E-state index in [1.165, 1.54) is 6.33 Å². The van der Waals surface area contributed by atoms with Crippen molar-refractivity contribution in [2.45, 2.75) is 44.8 Å². The fraction of sp³-hybridized carbons (Fsp3) is 0.636. The highest BCUT2D eigenvalue weighted by molar-refractivity contribution is 5.16. The molecule has 0 spiro atoms. The van der Waals surface area contributed by atoms with Crippen molar-refractivity contribution in [3.05, 3.63) is 17.8 Å². The SMILES string of the molecule is Cc1ncnc(OC2CCCCC2N)c1F. The molecule has 88 valence electrons. The standard InChI is InChI=1S/C11H16FN3O/c1-7-10(12)11(15-6-14-7)16-9-5-3-2-4-8(9)13/h6,8-9H,2-5,13H2,1H3. The van der Waals surface area contributed by atoms with Gasteiger partial charge in [0.1, 0.15) is 12.4 Å². The Morgan fingerprint density at radius 3 is 2.88 bits per heavy atom. The van der Waals surface area contributed by atoms with Gasteiger partial charge >= 0.3 is 0 Å². The van der Waals surface area contributed by atoms with Crippen molar-refractivity contribution in [1.29, 1.82) is 0 Å². The maximum atomic E-state index is 13.6. The van der Waals surface area contributed by atoms with Crippen LogP contribution < -0.4 is 10.5 Å². The fourth-order valence-corrected chi connectivity index (χ4v) is 1.93. The summed E-state index contributed by atoms with van der Waals surface area (Å²) in [6.07, 6.45) is 5.16. The summed E-state index contributed by atoms with van der Waals surface area (Å²) < 4.78 is 19.1. The van der Waals surface area contributed by atoms with Gasteiger partial charge in [0, 0.05) is 6.04 Å². The van der Waals surface area contributed by atoms with Gasteiger partial charge in [0.2, 0.25) is 5.82 Å². The normalized spacial score (nSPS) is 25.4. The molecule has 1 aliphatic rings. The Kier molecular flexibility index (Phi) is 3.33. The first-order valence-corrected chi connectivity index (χ1v) is 5.58. The summed E-state index contributed by atoms with van der Waals surface area (Å²) in [5.41, 5.74) is 6.22. The number of aromatic nitrogens is 2. The predicted octanol–water partition coefficient (Wildman–Crippen LogP) is 1.57. The number of ether oxygens (including phenoxy) is 1. The van der Waals surface area contributed by atoms with Gasteiger partial charge in [-0.25, -0.2) is 4.98 Å². The largest absolute Gasteiger partial charge is 0.471 e. The third kappa shape index (κ3) is 2.29. The molecular formula is C11H16FN3O. The Hall–Kier alpha value is -1.23. The summed E-state index contributed by atoms with van der Waals surface area (Å²) in [5.74, 6) is -0.463. The second-order valence-corrected chi connectivity index (χ2v) is 4.18. The van der Waals surface area contributed by atoms with E-state index in [4.69, 9.17) is 10.5 Å². The molecule has 1 aromatic rings. The number of hydrogen-bond acceptors (Lipinski definition) is 4. The van der Waals surface area contributed by atoms with E-state index in [1.54, 1.807) is 6.92 Å². The van der Waals surface area contributed by atoms with E-state index in [0.29, 0.717) is 5.69 Å². The van der Waals surface area contributed by atoms with Crippen LogP contribution in [0.1, 0.15) is 31.4 Å². The van der Waals surface area contributed by atoms with Gasteiger partial charge in [0.15, 0.2) is 0 Å². The van der Waals surface area contributed by atoms with Crippen molar-refractivity contribution >= 4 is 0 Å². The molecule has 2 unspecified atom stereocenters. The van der Waals surface area contributed by atoms with E-state index in [-0.39, 0.29) is 18.0 Å². The molecule has 0 aliphatic heterocycles. The molecule has 1 aliphatic carbocycles. The summed E-state index contributed by atoms with van der Waals surface area (Å²) in [6, 6.07) is -0.0246. The summed E-state index contributed by atoms with van der Waals surface area (Å²) in [7, 11) is 0. The number of aryl methyl sites for hydroxylation is 1. The van der Waals surface area contributed by atoms with E-state index in [2.05, 4.69) is 9.97 Å². The third-order valence-electron chi connectivity index (χ3n) is 2.95. The van der Waals surface area contributed by atoms with Gasteiger partial charge in [-0.3, -0.25) is 0 Å². The van der Waals surface area contributed by atoms with E-state index in [1.807, 2.05) is 0 Å². The lowest BCUT2D eigenvalue weighted by atomic mass is 9.93. The molecule has 0 aromatic carbocycles. The molecule has 2 atom stereocenters. The van der Waals surface area contributed by atoms with Crippen LogP contribution in [0.15, 0.2) is 6.33 Å². The third-order valence-corrected chi connectivity index (χ3v) is 2.95. The van der Waals surface area contributed by atoms with Crippen molar-refractivity contribution in [1.82, 2.24) is 9.97 Å². The smallest absolute Gasteiger partial charge is 0.254 e. The fourth-order valence-electron chi connectivity index (χ4n) is 1.93. The zero-order valence-corrected chi connectivity index (χ0v) is 9.32. The van der Waals surface area contributed by atoms with Crippen molar-refractivity contribution in [3.63, 3.8) is 0 Å². The average Bonchev–Trinajstić information content (AvgIpc) is 2.28. The van der Waals surface area contributed by atoms with E-state index < -0.39 is 5.82 Å². The van der Waals surface area contributed by atoms with Crippen LogP contribution in [0.4, 0.5) is 4.39 Å². The van der Waals surface area contributed by atoms with Gasteiger partial charge in [0.05, 0.1) is 5.69 Å². The molecule has 1 saturated carbocycles. The molecule has 0 radical (unpaired) electrons. The minimum absolute atomic E-state index is 0.0230. The second kappa shape index (κ2) is 4.74. The summed E-state index contributed by atoms with van der Waals surface area (Å²) in [5, 5.41) is 0. The number of hydrogen-bond donors (Lipinski definition) is 1. The Morgan fingerprint density at radius 2 is 2.12 bits per heavy atom. The minimum atomic E-state index is -0.486. The van der Waals surface area contributed by atoms with E-state index in [0.717, 1.165) is 25.7 Å². The van der Waals surface area contributed by atoms with Gasteiger partial charge in [-0.2, -0.15) is 9.37 Å². The molecule has 1 heterocycles. The van der Waals surface area contributed by atoms with Crippen molar-refractivity contribution < 1.29 is 9.13 Å². The molecule has 0 saturated heterocycles. The highest BCUT2D eigenvalue weighted by atomic mass is 19.1. The van der Waals surface area contributed by atoms with Gasteiger partial charge in [0.25, 0.3) is 5.88 Å². The first-order valence-electron chi connectivity index (χ1n) is 5.58. The molecule has 5 heteroatoms. The molecule has 0 bridgehead atoms. The predicted molar refractivity (Wildman–Crippen MR) is 57.6 cm³/mol. The molecule has 4 nitrogen and oxygen atoms in total. The van der Waals surface area contributed by atoms with Crippen LogP contribution >= 0.6 is 0 Å². The first-order chi connectivity index (χ1) is 7.68. The maximum absolute atomic E-state index is 13.6. The molecule has 1 fully saturated rings. The quantitative estimate of drug-likeness (QED) is 0.830. The molecule has 0 amide bonds. The summed E-state index contributed by atoms with van der Waals surface area (Å²) in [6.45, 7) is 1.59. The second-order valence-electron chi connectivity index (χ2n) is 4.18. The number of halogens is 1. The maximum Gasteiger partial charge on any atom is 0.254 e. The number of rotatable bonds is 2. The van der Waals surface area contributed by atoms with Crippen molar-refractivity contribution in [3.8, 4) is 5.88 Å². The zero-order valence-electron chi connectivity index (χ0n) is 9.32. The minimum Gasteiger partial charge on any atom is -0.471 e. The lowest BCUT2D eigenvalue weighted by molar-refractivity contribution is 0.120. The van der Waals surface area contributed by atoms with Crippen LogP contribution in [0, 0.1) is 12.7 Å². The Labute approximate surface area is 94.0 Å². The van der Waals surface area contributed by atoms with Crippen LogP contribution in [0.25, 0.3) is 0 Å². The molecule has 1 aromatic heterocycles. The van der Waals surface area contributed by atoms with E-state index in [9.17, 15) is 4.39 Å². The van der Waals surface area contributed by atoms with E-state index >= 15 is 0 Å². The molecule has 2 N–H and O–H groups in total. The number of nitrogens with zero attached hydrogens (tertiary/aromatic N) is 2. The molecular weight excluding hydrogens is 209 g/mol. The van der Waals surface area contributed by atoms with Gasteiger partial charge in [-0.15, -0.1) is 0 Å². The topological polar surface area (TPSA) is 61.0 Å². The van der Waals surface area contributed by atoms with Gasteiger partial charge in [-0.05, 0) is 26.2 Å². The lowest BCUT2D eigenvalue weighted by Gasteiger charge is -2.28. The van der Waals surface area contributed by atoms with Gasteiger partial charge in [-0.1, -0.05) is 6.42 Å².